The first kappa shape index (κ1) is 12.7. The Morgan fingerprint density at radius 1 is 1.47 bits per heavy atom. The molecule has 0 amide bonds. The second-order valence-corrected chi connectivity index (χ2v) is 4.93. The molecule has 1 saturated carbocycles. The third kappa shape index (κ3) is 4.17. The summed E-state index contributed by atoms with van der Waals surface area (Å²) in [5, 5.41) is 3.39. The lowest BCUT2D eigenvalue weighted by molar-refractivity contribution is 0.0967. The molecule has 0 saturated heterocycles. The summed E-state index contributed by atoms with van der Waals surface area (Å²) in [7, 11) is 0. The van der Waals surface area contributed by atoms with E-state index in [1.165, 1.54) is 18.4 Å². The van der Waals surface area contributed by atoms with E-state index in [-0.39, 0.29) is 0 Å². The van der Waals surface area contributed by atoms with Gasteiger partial charge in [0.15, 0.2) is 0 Å². The van der Waals surface area contributed by atoms with E-state index in [1.54, 1.807) is 0 Å². The predicted molar refractivity (Wildman–Crippen MR) is 67.8 cm³/mol. The van der Waals surface area contributed by atoms with Crippen LogP contribution in [0.2, 0.25) is 0 Å². The number of hydrogen-bond donors (Lipinski definition) is 1. The van der Waals surface area contributed by atoms with Gasteiger partial charge in [-0.05, 0) is 44.7 Å². The Morgan fingerprint density at radius 3 is 3.00 bits per heavy atom. The van der Waals surface area contributed by atoms with Crippen molar-refractivity contribution in [2.24, 2.45) is 5.92 Å². The number of hydrogen-bond acceptors (Lipinski definition) is 3. The molecule has 1 N–H and O–H groups in total. The summed E-state index contributed by atoms with van der Waals surface area (Å²) in [6.45, 7) is 7.65. The lowest BCUT2D eigenvalue weighted by Crippen LogP contribution is -2.13. The van der Waals surface area contributed by atoms with Gasteiger partial charge in [-0.1, -0.05) is 6.92 Å². The number of nitrogens with one attached hydrogen (secondary N) is 1. The van der Waals surface area contributed by atoms with Crippen molar-refractivity contribution in [1.29, 1.82) is 0 Å². The summed E-state index contributed by atoms with van der Waals surface area (Å²) in [5.41, 5.74) is 1.25. The Bertz CT molecular complexity index is 342. The largest absolute Gasteiger partial charge is 0.464 e. The molecule has 0 spiro atoms. The van der Waals surface area contributed by atoms with Gasteiger partial charge in [-0.2, -0.15) is 0 Å². The van der Waals surface area contributed by atoms with Crippen molar-refractivity contribution >= 4 is 0 Å². The molecule has 17 heavy (non-hydrogen) atoms. The summed E-state index contributed by atoms with van der Waals surface area (Å²) >= 11 is 0. The molecule has 0 bridgehead atoms. The SMILES string of the molecule is CCCNCc1cc(COCC2CC2)oc1C. The first-order valence-corrected chi connectivity index (χ1v) is 6.66. The molecule has 1 aliphatic carbocycles. The van der Waals surface area contributed by atoms with Gasteiger partial charge in [0.1, 0.15) is 18.1 Å². The lowest BCUT2D eigenvalue weighted by Gasteiger charge is -2.00. The van der Waals surface area contributed by atoms with Crippen LogP contribution in [0.1, 0.15) is 43.3 Å². The summed E-state index contributed by atoms with van der Waals surface area (Å²) in [6.07, 6.45) is 3.83. The van der Waals surface area contributed by atoms with E-state index in [4.69, 9.17) is 9.15 Å². The molecular formula is C14H23NO2. The Hall–Kier alpha value is -0.800. The van der Waals surface area contributed by atoms with E-state index in [0.29, 0.717) is 6.61 Å². The normalized spacial score (nSPS) is 15.4. The molecule has 2 rings (SSSR count). The standard InChI is InChI=1S/C14H23NO2/c1-3-6-15-8-13-7-14(17-11(13)2)10-16-9-12-4-5-12/h7,12,15H,3-6,8-10H2,1-2H3. The number of rotatable bonds is 8. The van der Waals surface area contributed by atoms with Gasteiger partial charge in [-0.25, -0.2) is 0 Å². The molecule has 0 unspecified atom stereocenters. The average Bonchev–Trinajstić information content (AvgIpc) is 3.05. The van der Waals surface area contributed by atoms with Gasteiger partial charge >= 0.3 is 0 Å². The van der Waals surface area contributed by atoms with Crippen molar-refractivity contribution in [3.63, 3.8) is 0 Å². The van der Waals surface area contributed by atoms with Crippen molar-refractivity contribution in [3.8, 4) is 0 Å². The van der Waals surface area contributed by atoms with Crippen LogP contribution in [0.5, 0.6) is 0 Å². The van der Waals surface area contributed by atoms with Gasteiger partial charge in [-0.15, -0.1) is 0 Å². The minimum Gasteiger partial charge on any atom is -0.464 e. The maximum absolute atomic E-state index is 5.68. The number of ether oxygens (including phenoxy) is 1. The van der Waals surface area contributed by atoms with Crippen molar-refractivity contribution in [2.75, 3.05) is 13.2 Å². The highest BCUT2D eigenvalue weighted by Gasteiger charge is 2.21. The molecule has 0 aromatic carbocycles. The summed E-state index contributed by atoms with van der Waals surface area (Å²) in [5.74, 6) is 2.78. The molecule has 96 valence electrons. The quantitative estimate of drug-likeness (QED) is 0.706. The van der Waals surface area contributed by atoms with Crippen LogP contribution in [0.4, 0.5) is 0 Å². The fraction of sp³-hybridized carbons (Fsp3) is 0.714. The smallest absolute Gasteiger partial charge is 0.130 e. The van der Waals surface area contributed by atoms with Crippen LogP contribution in [-0.2, 0) is 17.9 Å². The summed E-state index contributed by atoms with van der Waals surface area (Å²) in [6, 6.07) is 2.12. The van der Waals surface area contributed by atoms with Crippen LogP contribution in [0.15, 0.2) is 10.5 Å². The molecule has 0 aliphatic heterocycles. The van der Waals surface area contributed by atoms with E-state index in [0.717, 1.165) is 43.6 Å². The first-order chi connectivity index (χ1) is 8.29. The van der Waals surface area contributed by atoms with Gasteiger partial charge in [0.05, 0.1) is 0 Å². The second kappa shape index (κ2) is 6.22. The zero-order valence-corrected chi connectivity index (χ0v) is 10.9. The predicted octanol–water partition coefficient (Wildman–Crippen LogP) is 3.01. The molecule has 1 heterocycles. The number of aryl methyl sites for hydroxylation is 1. The number of furan rings is 1. The zero-order chi connectivity index (χ0) is 12.1. The van der Waals surface area contributed by atoms with Crippen molar-refractivity contribution in [2.45, 2.75) is 46.3 Å². The van der Waals surface area contributed by atoms with Crippen molar-refractivity contribution in [1.82, 2.24) is 5.32 Å². The Labute approximate surface area is 104 Å². The fourth-order valence-electron chi connectivity index (χ4n) is 1.84. The van der Waals surface area contributed by atoms with Gasteiger partial charge in [0.2, 0.25) is 0 Å². The van der Waals surface area contributed by atoms with Gasteiger partial charge in [0.25, 0.3) is 0 Å². The highest BCUT2D eigenvalue weighted by atomic mass is 16.5. The molecule has 0 radical (unpaired) electrons. The minimum atomic E-state index is 0.616. The molecule has 1 aromatic rings. The Kier molecular flexibility index (Phi) is 4.63. The topological polar surface area (TPSA) is 34.4 Å². The Balaban J connectivity index is 1.75. The molecule has 3 nitrogen and oxygen atoms in total. The average molecular weight is 237 g/mol. The van der Waals surface area contributed by atoms with Crippen molar-refractivity contribution < 1.29 is 9.15 Å². The second-order valence-electron chi connectivity index (χ2n) is 4.93. The summed E-state index contributed by atoms with van der Waals surface area (Å²) in [4.78, 5) is 0. The highest BCUT2D eigenvalue weighted by Crippen LogP contribution is 2.29. The maximum atomic E-state index is 5.68. The molecule has 3 heteroatoms. The molecule has 0 atom stereocenters. The molecule has 1 aromatic heterocycles. The van der Waals surface area contributed by atoms with Crippen LogP contribution in [-0.4, -0.2) is 13.2 Å². The van der Waals surface area contributed by atoms with Gasteiger partial charge in [-0.3, -0.25) is 0 Å². The third-order valence-corrected chi connectivity index (χ3v) is 3.11. The van der Waals surface area contributed by atoms with E-state index in [1.807, 2.05) is 6.92 Å². The van der Waals surface area contributed by atoms with Crippen LogP contribution < -0.4 is 5.32 Å². The van der Waals surface area contributed by atoms with Crippen LogP contribution in [0, 0.1) is 12.8 Å². The third-order valence-electron chi connectivity index (χ3n) is 3.11. The Morgan fingerprint density at radius 2 is 2.29 bits per heavy atom. The van der Waals surface area contributed by atoms with E-state index in [2.05, 4.69) is 18.3 Å². The van der Waals surface area contributed by atoms with E-state index >= 15 is 0 Å². The van der Waals surface area contributed by atoms with E-state index in [9.17, 15) is 0 Å². The molecule has 1 aliphatic rings. The first-order valence-electron chi connectivity index (χ1n) is 6.66. The van der Waals surface area contributed by atoms with Gasteiger partial charge in [0, 0.05) is 18.7 Å². The molecule has 1 fully saturated rings. The summed E-state index contributed by atoms with van der Waals surface area (Å²) < 4.78 is 11.3. The van der Waals surface area contributed by atoms with Crippen LogP contribution >= 0.6 is 0 Å². The van der Waals surface area contributed by atoms with E-state index < -0.39 is 0 Å². The minimum absolute atomic E-state index is 0.616. The monoisotopic (exact) mass is 237 g/mol. The van der Waals surface area contributed by atoms with Crippen molar-refractivity contribution in [3.05, 3.63) is 23.2 Å². The highest BCUT2D eigenvalue weighted by molar-refractivity contribution is 5.20. The lowest BCUT2D eigenvalue weighted by atomic mass is 10.2. The molecular weight excluding hydrogens is 214 g/mol. The maximum Gasteiger partial charge on any atom is 0.130 e. The zero-order valence-electron chi connectivity index (χ0n) is 10.9. The van der Waals surface area contributed by atoms with Crippen LogP contribution in [0.3, 0.4) is 0 Å². The fourth-order valence-corrected chi connectivity index (χ4v) is 1.84. The van der Waals surface area contributed by atoms with Gasteiger partial charge < -0.3 is 14.5 Å². The van der Waals surface area contributed by atoms with Crippen LogP contribution in [0.25, 0.3) is 0 Å².